The molecule has 4 heavy (non-hydrogen) atoms. The number of hydrogen-bond acceptors (Lipinski definition) is 1. The normalized spacial score (nSPS) is 6.25. The van der Waals surface area contributed by atoms with Gasteiger partial charge in [0, 0.05) is 6.92 Å². The van der Waals surface area contributed by atoms with Gasteiger partial charge in [0.05, 0.1) is 0 Å². The number of carboxylic acid groups (broad SMARTS) is 1. The highest BCUT2D eigenvalue weighted by molar-refractivity contribution is 5.62. The molecule has 0 aromatic rings. The highest BCUT2D eigenvalue weighted by Gasteiger charge is 1.65. The van der Waals surface area contributed by atoms with Crippen molar-refractivity contribution in [3.63, 3.8) is 0 Å². The van der Waals surface area contributed by atoms with Crippen LogP contribution in [0.15, 0.2) is 0 Å². The molecule has 0 rings (SSSR count). The van der Waals surface area contributed by atoms with Gasteiger partial charge in [0.2, 0.25) is 0 Å². The van der Waals surface area contributed by atoms with Crippen LogP contribution in [-0.4, -0.2) is 11.1 Å². The molecule has 0 aliphatic rings. The Morgan fingerprint density at radius 3 is 2.00 bits per heavy atom. The molecule has 0 aromatic carbocycles. The standard InChI is InChI=1S/C2H4O2/c1-2(3)4/h1H3,(H,3,4)/i1+0,2+0. The van der Waals surface area contributed by atoms with Crippen molar-refractivity contribution < 1.29 is 9.90 Å². The van der Waals surface area contributed by atoms with Crippen molar-refractivity contribution in [3.05, 3.63) is 0 Å². The van der Waals surface area contributed by atoms with E-state index in [0.717, 1.165) is 6.92 Å². The lowest BCUT2D eigenvalue weighted by molar-refractivity contribution is -0.134. The Bertz CT molecular complexity index is 27.0. The quantitative estimate of drug-likeness (QED) is 0.430. The summed E-state index contributed by atoms with van der Waals surface area (Å²) in [4.78, 5) is 9.00. The lowest BCUT2D eigenvalue weighted by Gasteiger charge is -1.59. The summed E-state index contributed by atoms with van der Waals surface area (Å²) in [6.07, 6.45) is 0. The summed E-state index contributed by atoms with van der Waals surface area (Å²) in [5.41, 5.74) is 0. The summed E-state index contributed by atoms with van der Waals surface area (Å²) in [5.74, 6) is -0.833. The first kappa shape index (κ1) is 3.47. The third-order valence-electron chi connectivity index (χ3n) is 0. The molecule has 0 atom stereocenters. The second kappa shape index (κ2) is 0.875. The van der Waals surface area contributed by atoms with Crippen LogP contribution in [0.25, 0.3) is 0 Å². The molecule has 24 valence electrons. The van der Waals surface area contributed by atoms with Gasteiger partial charge in [-0.15, -0.1) is 0 Å². The minimum Gasteiger partial charge on any atom is -0.481 e. The lowest BCUT2D eigenvalue weighted by Crippen LogP contribution is -1.78. The predicted molar refractivity (Wildman–Crippen MR) is 13.3 cm³/mol. The first-order valence-corrected chi connectivity index (χ1v) is 0.928. The van der Waals surface area contributed by atoms with E-state index < -0.39 is 5.97 Å². The van der Waals surface area contributed by atoms with Crippen LogP contribution in [0.1, 0.15) is 6.92 Å². The van der Waals surface area contributed by atoms with Crippen molar-refractivity contribution in [2.24, 2.45) is 0 Å². The number of rotatable bonds is 0. The van der Waals surface area contributed by atoms with Gasteiger partial charge in [-0.25, -0.2) is 0 Å². The van der Waals surface area contributed by atoms with E-state index in [4.69, 9.17) is 9.90 Å². The van der Waals surface area contributed by atoms with Gasteiger partial charge >= 0.3 is 0 Å². The van der Waals surface area contributed by atoms with E-state index in [-0.39, 0.29) is 0 Å². The smallest absolute Gasteiger partial charge is 0.300 e. The fourth-order valence-corrected chi connectivity index (χ4v) is 0. The highest BCUT2D eigenvalue weighted by atomic mass is 16.4. The number of aliphatic carboxylic acids is 1. The van der Waals surface area contributed by atoms with Crippen molar-refractivity contribution in [1.29, 1.82) is 0 Å². The average Bonchev–Trinajstić information content (AvgIpc) is 0.811. The van der Waals surface area contributed by atoms with E-state index in [0.29, 0.717) is 0 Å². The van der Waals surface area contributed by atoms with Gasteiger partial charge in [-0.1, -0.05) is 0 Å². The second-order valence-corrected chi connectivity index (χ2v) is 0.519. The van der Waals surface area contributed by atoms with E-state index in [1.54, 1.807) is 0 Å². The Labute approximate surface area is 24.1 Å². The average molecular weight is 60.0 g/mol. The van der Waals surface area contributed by atoms with Crippen molar-refractivity contribution >= 4 is 5.97 Å². The summed E-state index contributed by atoms with van der Waals surface area (Å²) in [7, 11) is 0. The lowest BCUT2D eigenvalue weighted by atomic mass is 10.8. The molecule has 0 bridgehead atoms. The summed E-state index contributed by atoms with van der Waals surface area (Å²) in [6.45, 7) is 1.08. The molecule has 0 spiro atoms. The maximum absolute atomic E-state index is 9.00. The molecule has 0 radical (unpaired) electrons. The first-order valence-electron chi connectivity index (χ1n) is 0.928. The van der Waals surface area contributed by atoms with Crippen LogP contribution >= 0.6 is 0 Å². The Balaban J connectivity index is 2.80. The van der Waals surface area contributed by atoms with Crippen molar-refractivity contribution in [2.45, 2.75) is 6.92 Å². The molecule has 0 fully saturated rings. The SMILES string of the molecule is [12CH3][12C](=O)O. The number of carbonyl (C=O) groups is 1. The van der Waals surface area contributed by atoms with E-state index in [1.165, 1.54) is 0 Å². The van der Waals surface area contributed by atoms with Crippen LogP contribution in [0.5, 0.6) is 0 Å². The summed E-state index contributed by atoms with van der Waals surface area (Å²) in [6, 6.07) is 0. The number of hydrogen-bond donors (Lipinski definition) is 1. The van der Waals surface area contributed by atoms with E-state index in [1.807, 2.05) is 0 Å². The van der Waals surface area contributed by atoms with Gasteiger partial charge in [-0.3, -0.25) is 4.79 Å². The van der Waals surface area contributed by atoms with Gasteiger partial charge < -0.3 is 5.11 Å². The van der Waals surface area contributed by atoms with Crippen LogP contribution in [0.2, 0.25) is 0 Å². The Kier molecular flexibility index (Phi) is 0.759. The van der Waals surface area contributed by atoms with Gasteiger partial charge in [-0.05, 0) is 0 Å². The van der Waals surface area contributed by atoms with Crippen LogP contribution in [0.4, 0.5) is 0 Å². The van der Waals surface area contributed by atoms with Crippen molar-refractivity contribution in [3.8, 4) is 0 Å². The monoisotopic (exact) mass is 60.0 g/mol. The number of carboxylic acids is 1. The largest absolute Gasteiger partial charge is 0.481 e. The third kappa shape index (κ3) is 1.16. The zero-order chi connectivity index (χ0) is 3.58. The van der Waals surface area contributed by atoms with Crippen LogP contribution < -0.4 is 0 Å². The van der Waals surface area contributed by atoms with Crippen LogP contribution in [0, 0.1) is 0 Å². The van der Waals surface area contributed by atoms with Gasteiger partial charge in [0.15, 0.2) is 0 Å². The van der Waals surface area contributed by atoms with Gasteiger partial charge in [-0.2, -0.15) is 0 Å². The molecule has 0 amide bonds. The Morgan fingerprint density at radius 2 is 2.00 bits per heavy atom. The Morgan fingerprint density at radius 1 is 2.00 bits per heavy atom. The molecule has 0 saturated carbocycles. The minimum absolute atomic E-state index is 0.833. The molecule has 0 unspecified atom stereocenters. The second-order valence-electron chi connectivity index (χ2n) is 0.519. The van der Waals surface area contributed by atoms with E-state index in [9.17, 15) is 0 Å². The molecule has 0 heterocycles. The van der Waals surface area contributed by atoms with Gasteiger partial charge in [0.25, 0.3) is 5.97 Å². The maximum atomic E-state index is 9.00. The van der Waals surface area contributed by atoms with Crippen molar-refractivity contribution in [2.75, 3.05) is 0 Å². The van der Waals surface area contributed by atoms with Crippen molar-refractivity contribution in [1.82, 2.24) is 0 Å². The molecule has 0 aliphatic carbocycles. The molecule has 2 nitrogen and oxygen atoms in total. The first-order chi connectivity index (χ1) is 1.73. The van der Waals surface area contributed by atoms with Crippen LogP contribution in [-0.2, 0) is 4.79 Å². The highest BCUT2D eigenvalue weighted by Crippen LogP contribution is 1.42. The molecular formula is C2H4O2. The molecule has 1 N–H and O–H groups in total. The maximum Gasteiger partial charge on any atom is 0.300 e. The zero-order valence-corrected chi connectivity index (χ0v) is 2.36. The fourth-order valence-electron chi connectivity index (χ4n) is 0. The Hall–Kier alpha value is -0.530. The molecule has 2 heteroatoms. The minimum atomic E-state index is -0.833. The summed E-state index contributed by atoms with van der Waals surface area (Å²) >= 11 is 0. The topological polar surface area (TPSA) is 37.3 Å². The van der Waals surface area contributed by atoms with Crippen LogP contribution in [0.3, 0.4) is 0 Å². The summed E-state index contributed by atoms with van der Waals surface area (Å²) < 4.78 is 0. The predicted octanol–water partition coefficient (Wildman–Crippen LogP) is 0.0909. The molecular weight excluding hydrogens is 56.0 g/mol. The molecule has 0 aliphatic heterocycles. The zero-order valence-electron chi connectivity index (χ0n) is 2.36. The van der Waals surface area contributed by atoms with Gasteiger partial charge in [0.1, 0.15) is 0 Å². The third-order valence-corrected chi connectivity index (χ3v) is 0. The molecule has 0 saturated heterocycles. The molecule has 0 aromatic heterocycles. The fraction of sp³-hybridized carbons (Fsp3) is 0.500. The summed E-state index contributed by atoms with van der Waals surface area (Å²) in [5, 5.41) is 7.42. The van der Waals surface area contributed by atoms with E-state index >= 15 is 0 Å². The van der Waals surface area contributed by atoms with E-state index in [2.05, 4.69) is 0 Å².